The number of hydrogen-bond donors (Lipinski definition) is 1. The molecule has 1 amide bonds. The maximum absolute atomic E-state index is 12.3. The Morgan fingerprint density at radius 3 is 2.97 bits per heavy atom. The third-order valence-corrected chi connectivity index (χ3v) is 5.35. The predicted octanol–water partition coefficient (Wildman–Crippen LogP) is 1.32. The molecule has 0 radical (unpaired) electrons. The van der Waals surface area contributed by atoms with E-state index < -0.39 is 5.97 Å². The molecule has 3 aromatic rings. The van der Waals surface area contributed by atoms with Gasteiger partial charge < -0.3 is 15.2 Å². The molecule has 0 unspecified atom stereocenters. The molecule has 1 aliphatic carbocycles. The van der Waals surface area contributed by atoms with E-state index in [1.54, 1.807) is 16.8 Å². The zero-order valence-corrected chi connectivity index (χ0v) is 15.5. The van der Waals surface area contributed by atoms with Gasteiger partial charge in [-0.2, -0.15) is 5.10 Å². The first-order valence-corrected chi connectivity index (χ1v) is 9.47. The maximum Gasteiger partial charge on any atom is 0.269 e. The molecule has 2 aromatic heterocycles. The van der Waals surface area contributed by atoms with Gasteiger partial charge >= 0.3 is 0 Å². The van der Waals surface area contributed by atoms with Crippen LogP contribution in [0, 0.1) is 0 Å². The number of fused-ring (bicyclic) bond motifs is 5. The Morgan fingerprint density at radius 1 is 1.21 bits per heavy atom. The first-order valence-electron chi connectivity index (χ1n) is 9.47. The Bertz CT molecular complexity index is 1190. The zero-order chi connectivity index (χ0) is 20.0. The van der Waals surface area contributed by atoms with Gasteiger partial charge in [0.2, 0.25) is 0 Å². The summed E-state index contributed by atoms with van der Waals surface area (Å²) in [6.45, 7) is 1.27. The van der Waals surface area contributed by atoms with E-state index in [0.29, 0.717) is 18.8 Å². The number of carbonyl (C=O) groups is 2. The van der Waals surface area contributed by atoms with E-state index >= 15 is 0 Å². The Balaban J connectivity index is 1.51. The second-order valence-electron chi connectivity index (χ2n) is 7.17. The molecule has 7 heteroatoms. The van der Waals surface area contributed by atoms with Crippen LogP contribution in [0.3, 0.4) is 0 Å². The van der Waals surface area contributed by atoms with Crippen LogP contribution in [-0.2, 0) is 19.4 Å². The monoisotopic (exact) mass is 385 g/mol. The molecule has 3 heterocycles. The van der Waals surface area contributed by atoms with Crippen LogP contribution in [0.5, 0.6) is 0 Å². The summed E-state index contributed by atoms with van der Waals surface area (Å²) in [6, 6.07) is 8.54. The number of aromatic nitrogens is 3. The van der Waals surface area contributed by atoms with Gasteiger partial charge in [-0.1, -0.05) is 24.3 Å². The highest BCUT2D eigenvalue weighted by molar-refractivity contribution is 5.97. The average molecular weight is 385 g/mol. The summed E-state index contributed by atoms with van der Waals surface area (Å²) in [7, 11) is 0. The molecular weight excluding hydrogens is 368 g/mol. The van der Waals surface area contributed by atoms with E-state index in [1.165, 1.54) is 6.07 Å². The van der Waals surface area contributed by atoms with Gasteiger partial charge in [0.15, 0.2) is 0 Å². The van der Waals surface area contributed by atoms with E-state index in [-0.39, 0.29) is 11.5 Å². The van der Waals surface area contributed by atoms with Crippen LogP contribution in [0.4, 0.5) is 0 Å². The first-order chi connectivity index (χ1) is 14.1. The number of hydrogen-bond acceptors (Lipinski definition) is 5. The standard InChI is InChI=1S/C22H18N4O3/c27-21-20-17-7-5-15-12-24-16(6-4-13-2-1-3-14(10-13)22(28)29)11-18(15)19(17)25-26(20)9-8-23-21/h1-4,6,10-12H,5,7-9H2,(H,23,27)(H,28,29)/p-1/b6-4+. The van der Waals surface area contributed by atoms with Crippen molar-refractivity contribution in [3.63, 3.8) is 0 Å². The lowest BCUT2D eigenvalue weighted by molar-refractivity contribution is -0.255. The van der Waals surface area contributed by atoms with Gasteiger partial charge in [-0.15, -0.1) is 0 Å². The molecule has 0 saturated carbocycles. The van der Waals surface area contributed by atoms with Gasteiger partial charge in [0, 0.05) is 23.9 Å². The molecule has 7 nitrogen and oxygen atoms in total. The molecule has 1 aromatic carbocycles. The number of nitrogens with zero attached hydrogens (tertiary/aromatic N) is 3. The van der Waals surface area contributed by atoms with Gasteiger partial charge in [0.05, 0.1) is 23.9 Å². The van der Waals surface area contributed by atoms with E-state index in [0.717, 1.165) is 46.5 Å². The molecule has 0 bridgehead atoms. The smallest absolute Gasteiger partial charge is 0.269 e. The second kappa shape index (κ2) is 6.70. The highest BCUT2D eigenvalue weighted by Crippen LogP contribution is 2.35. The minimum Gasteiger partial charge on any atom is -0.545 e. The predicted molar refractivity (Wildman–Crippen MR) is 105 cm³/mol. The number of carboxylic acid groups (broad SMARTS) is 1. The summed E-state index contributed by atoms with van der Waals surface area (Å²) >= 11 is 0. The minimum atomic E-state index is -1.20. The minimum absolute atomic E-state index is 0.0598. The van der Waals surface area contributed by atoms with Crippen molar-refractivity contribution in [2.75, 3.05) is 6.54 Å². The lowest BCUT2D eigenvalue weighted by atomic mass is 9.89. The van der Waals surface area contributed by atoms with Gasteiger partial charge in [0.1, 0.15) is 5.69 Å². The summed E-state index contributed by atoms with van der Waals surface area (Å²) < 4.78 is 1.81. The van der Waals surface area contributed by atoms with Crippen LogP contribution in [0.1, 0.15) is 43.2 Å². The first kappa shape index (κ1) is 17.4. The van der Waals surface area contributed by atoms with Crippen molar-refractivity contribution in [1.29, 1.82) is 0 Å². The van der Waals surface area contributed by atoms with Gasteiger partial charge in [-0.25, -0.2) is 0 Å². The molecule has 0 saturated heterocycles. The fourth-order valence-corrected chi connectivity index (χ4v) is 3.95. The quantitative estimate of drug-likeness (QED) is 0.733. The third-order valence-electron chi connectivity index (χ3n) is 5.35. The van der Waals surface area contributed by atoms with E-state index in [2.05, 4.69) is 10.3 Å². The topological polar surface area (TPSA) is 99.9 Å². The van der Waals surface area contributed by atoms with Crippen LogP contribution in [0.2, 0.25) is 0 Å². The van der Waals surface area contributed by atoms with Crippen LogP contribution >= 0.6 is 0 Å². The number of benzene rings is 1. The van der Waals surface area contributed by atoms with Gasteiger partial charge in [-0.3, -0.25) is 14.5 Å². The molecule has 5 rings (SSSR count). The van der Waals surface area contributed by atoms with E-state index in [4.69, 9.17) is 5.10 Å². The summed E-state index contributed by atoms with van der Waals surface area (Å²) in [5.74, 6) is -1.26. The molecule has 0 atom stereocenters. The Labute approximate surface area is 166 Å². The molecule has 0 spiro atoms. The fraction of sp³-hybridized carbons (Fsp3) is 0.182. The van der Waals surface area contributed by atoms with Crippen molar-refractivity contribution in [1.82, 2.24) is 20.1 Å². The molecule has 29 heavy (non-hydrogen) atoms. The number of rotatable bonds is 3. The van der Waals surface area contributed by atoms with Crippen LogP contribution < -0.4 is 10.4 Å². The van der Waals surface area contributed by atoms with Crippen molar-refractivity contribution < 1.29 is 14.7 Å². The van der Waals surface area contributed by atoms with E-state index in [9.17, 15) is 14.7 Å². The highest BCUT2D eigenvalue weighted by atomic mass is 16.4. The number of carboxylic acids is 1. The summed E-state index contributed by atoms with van der Waals surface area (Å²) in [6.07, 6.45) is 7.10. The molecule has 0 fully saturated rings. The van der Waals surface area contributed by atoms with Crippen molar-refractivity contribution >= 4 is 24.0 Å². The molecule has 2 aliphatic rings. The van der Waals surface area contributed by atoms with Crippen molar-refractivity contribution in [2.45, 2.75) is 19.4 Å². The molecular formula is C22H17N4O3-. The van der Waals surface area contributed by atoms with Crippen molar-refractivity contribution in [3.8, 4) is 11.3 Å². The molecule has 144 valence electrons. The Morgan fingerprint density at radius 2 is 2.10 bits per heavy atom. The lowest BCUT2D eigenvalue weighted by Gasteiger charge is -2.17. The third kappa shape index (κ3) is 3.00. The van der Waals surface area contributed by atoms with Gasteiger partial charge in [-0.05, 0) is 47.7 Å². The summed E-state index contributed by atoms with van der Waals surface area (Å²) in [5, 5.41) is 18.6. The number of pyridine rings is 1. The average Bonchev–Trinajstić information content (AvgIpc) is 3.13. The lowest BCUT2D eigenvalue weighted by Crippen LogP contribution is -2.36. The molecule has 1 N–H and O–H groups in total. The largest absolute Gasteiger partial charge is 0.545 e. The maximum atomic E-state index is 12.3. The zero-order valence-electron chi connectivity index (χ0n) is 15.5. The van der Waals surface area contributed by atoms with Crippen molar-refractivity contribution in [3.05, 3.63) is 70.2 Å². The van der Waals surface area contributed by atoms with E-state index in [1.807, 2.05) is 30.5 Å². The number of nitrogens with one attached hydrogen (secondary N) is 1. The molecule has 1 aliphatic heterocycles. The summed E-state index contributed by atoms with van der Waals surface area (Å²) in [5.41, 5.74) is 6.27. The van der Waals surface area contributed by atoms with Crippen molar-refractivity contribution in [2.24, 2.45) is 0 Å². The number of amides is 1. The highest BCUT2D eigenvalue weighted by Gasteiger charge is 2.30. The van der Waals surface area contributed by atoms with Crippen LogP contribution in [0.15, 0.2) is 36.5 Å². The SMILES string of the molecule is O=C([O-])c1cccc(/C=C/c2cc3c(cn2)CCc2c-3nn3c2C(=O)NCC3)c1. The summed E-state index contributed by atoms with van der Waals surface area (Å²) in [4.78, 5) is 27.8. The Kier molecular flexibility index (Phi) is 4.01. The van der Waals surface area contributed by atoms with Crippen LogP contribution in [0.25, 0.3) is 23.4 Å². The van der Waals surface area contributed by atoms with Gasteiger partial charge in [0.25, 0.3) is 5.91 Å². The number of aromatic carboxylic acids is 1. The normalized spacial score (nSPS) is 14.8. The number of aryl methyl sites for hydroxylation is 1. The second-order valence-corrected chi connectivity index (χ2v) is 7.17. The number of carbonyl (C=O) groups excluding carboxylic acids is 2. The fourth-order valence-electron chi connectivity index (χ4n) is 3.95. The Hall–Kier alpha value is -3.74. The van der Waals surface area contributed by atoms with Crippen LogP contribution in [-0.4, -0.2) is 33.2 Å².